The highest BCUT2D eigenvalue weighted by atomic mass is 16.5. The molecule has 3 aromatic rings. The lowest BCUT2D eigenvalue weighted by Crippen LogP contribution is -2.10. The maximum atomic E-state index is 12.0. The Morgan fingerprint density at radius 2 is 1.33 bits per heavy atom. The molecule has 1 heterocycles. The Balaban J connectivity index is 2.21. The van der Waals surface area contributed by atoms with Gasteiger partial charge in [0.1, 0.15) is 0 Å². The second-order valence-electron chi connectivity index (χ2n) is 5.01. The van der Waals surface area contributed by atoms with E-state index in [2.05, 4.69) is 0 Å². The quantitative estimate of drug-likeness (QED) is 0.725. The lowest BCUT2D eigenvalue weighted by atomic mass is 10.1. The van der Waals surface area contributed by atoms with Crippen molar-refractivity contribution in [1.82, 2.24) is 4.73 Å². The fourth-order valence-corrected chi connectivity index (χ4v) is 2.31. The zero-order valence-corrected chi connectivity index (χ0v) is 11.7. The Kier molecular flexibility index (Phi) is 3.32. The molecule has 0 aliphatic rings. The third-order valence-corrected chi connectivity index (χ3v) is 3.43. The molecule has 3 heteroatoms. The van der Waals surface area contributed by atoms with Gasteiger partial charge in [0.15, 0.2) is 5.43 Å². The summed E-state index contributed by atoms with van der Waals surface area (Å²) in [5.41, 5.74) is 3.57. The van der Waals surface area contributed by atoms with E-state index >= 15 is 0 Å². The molecule has 3 nitrogen and oxygen atoms in total. The van der Waals surface area contributed by atoms with Crippen LogP contribution in [0, 0.1) is 6.92 Å². The summed E-state index contributed by atoms with van der Waals surface area (Å²) in [6.07, 6.45) is 0. The smallest absolute Gasteiger partial charge is 0.183 e. The average molecular weight is 277 g/mol. The van der Waals surface area contributed by atoms with E-state index in [0.717, 1.165) is 21.4 Å². The maximum Gasteiger partial charge on any atom is 0.183 e. The number of aromatic nitrogens is 1. The number of pyridine rings is 1. The Hall–Kier alpha value is -2.81. The highest BCUT2D eigenvalue weighted by molar-refractivity contribution is 5.66. The molecule has 0 amide bonds. The summed E-state index contributed by atoms with van der Waals surface area (Å²) in [6.45, 7) is 2.00. The minimum absolute atomic E-state index is 0.130. The molecule has 0 aliphatic heterocycles. The van der Waals surface area contributed by atoms with Crippen molar-refractivity contribution < 1.29 is 5.21 Å². The molecule has 0 unspecified atom stereocenters. The molecule has 2 aromatic carbocycles. The first-order chi connectivity index (χ1) is 10.1. The molecule has 21 heavy (non-hydrogen) atoms. The van der Waals surface area contributed by atoms with E-state index in [1.54, 1.807) is 0 Å². The van der Waals surface area contributed by atoms with E-state index in [1.807, 2.05) is 61.5 Å². The summed E-state index contributed by atoms with van der Waals surface area (Å²) >= 11 is 0. The van der Waals surface area contributed by atoms with Crippen molar-refractivity contribution in [3.8, 4) is 22.5 Å². The SMILES string of the molecule is Cc1ccc(-c2cc(=O)cc(-c3ccccc3)n2O)cc1. The van der Waals surface area contributed by atoms with Gasteiger partial charge in [0.25, 0.3) is 0 Å². The number of aryl methyl sites for hydroxylation is 1. The van der Waals surface area contributed by atoms with E-state index in [9.17, 15) is 10.0 Å². The van der Waals surface area contributed by atoms with Crippen molar-refractivity contribution in [3.05, 3.63) is 82.5 Å². The van der Waals surface area contributed by atoms with Gasteiger partial charge in [0, 0.05) is 23.3 Å². The summed E-state index contributed by atoms with van der Waals surface area (Å²) in [6, 6.07) is 19.9. The second kappa shape index (κ2) is 5.29. The molecule has 0 fully saturated rings. The first kappa shape index (κ1) is 13.2. The molecule has 0 aliphatic carbocycles. The van der Waals surface area contributed by atoms with Gasteiger partial charge in [-0.3, -0.25) is 4.79 Å². The average Bonchev–Trinajstić information content (AvgIpc) is 2.51. The van der Waals surface area contributed by atoms with Crippen molar-refractivity contribution in [2.75, 3.05) is 0 Å². The summed E-state index contributed by atoms with van der Waals surface area (Å²) in [7, 11) is 0. The molecule has 0 saturated heterocycles. The highest BCUT2D eigenvalue weighted by Crippen LogP contribution is 2.24. The minimum Gasteiger partial charge on any atom is -0.428 e. The number of nitrogens with zero attached hydrogens (tertiary/aromatic N) is 1. The normalized spacial score (nSPS) is 10.5. The summed E-state index contributed by atoms with van der Waals surface area (Å²) in [5, 5.41) is 10.5. The van der Waals surface area contributed by atoms with E-state index in [0.29, 0.717) is 11.4 Å². The van der Waals surface area contributed by atoms with E-state index in [-0.39, 0.29) is 5.43 Å². The van der Waals surface area contributed by atoms with Crippen molar-refractivity contribution >= 4 is 0 Å². The molecule has 0 spiro atoms. The maximum absolute atomic E-state index is 12.0. The largest absolute Gasteiger partial charge is 0.428 e. The van der Waals surface area contributed by atoms with E-state index in [4.69, 9.17) is 0 Å². The number of rotatable bonds is 2. The molecule has 0 saturated carbocycles. The lowest BCUT2D eigenvalue weighted by molar-refractivity contribution is 0.194. The molecular weight excluding hydrogens is 262 g/mol. The van der Waals surface area contributed by atoms with E-state index in [1.165, 1.54) is 12.1 Å². The van der Waals surface area contributed by atoms with Crippen molar-refractivity contribution in [2.24, 2.45) is 0 Å². The van der Waals surface area contributed by atoms with Gasteiger partial charge < -0.3 is 5.21 Å². The molecular formula is C18H15NO2. The fraction of sp³-hybridized carbons (Fsp3) is 0.0556. The summed E-state index contributed by atoms with van der Waals surface area (Å²) in [5.74, 6) is 0. The molecule has 0 atom stereocenters. The van der Waals surface area contributed by atoms with Gasteiger partial charge >= 0.3 is 0 Å². The van der Waals surface area contributed by atoms with Crippen molar-refractivity contribution in [2.45, 2.75) is 6.92 Å². The Labute approximate surface area is 122 Å². The number of benzene rings is 2. The monoisotopic (exact) mass is 277 g/mol. The zero-order chi connectivity index (χ0) is 14.8. The Bertz CT molecular complexity index is 818. The van der Waals surface area contributed by atoms with Crippen molar-refractivity contribution in [3.63, 3.8) is 0 Å². The lowest BCUT2D eigenvalue weighted by Gasteiger charge is -2.13. The number of hydrogen-bond donors (Lipinski definition) is 1. The van der Waals surface area contributed by atoms with Crippen LogP contribution >= 0.6 is 0 Å². The summed E-state index contributed by atoms with van der Waals surface area (Å²) in [4.78, 5) is 12.0. The minimum atomic E-state index is -0.130. The van der Waals surface area contributed by atoms with Crippen LogP contribution in [0.25, 0.3) is 22.5 Å². The predicted octanol–water partition coefficient (Wildman–Crippen LogP) is 3.73. The van der Waals surface area contributed by atoms with Crippen LogP contribution in [-0.2, 0) is 0 Å². The van der Waals surface area contributed by atoms with Crippen molar-refractivity contribution in [1.29, 1.82) is 0 Å². The molecule has 1 aromatic heterocycles. The van der Waals surface area contributed by atoms with Crippen LogP contribution in [0.15, 0.2) is 71.5 Å². The topological polar surface area (TPSA) is 42.2 Å². The summed E-state index contributed by atoms with van der Waals surface area (Å²) < 4.78 is 1.07. The highest BCUT2D eigenvalue weighted by Gasteiger charge is 2.10. The van der Waals surface area contributed by atoms with Gasteiger partial charge in [-0.2, -0.15) is 4.73 Å². The standard InChI is InChI=1S/C18H15NO2/c1-13-7-9-15(10-8-13)18-12-16(20)11-17(19(18)21)14-5-3-2-4-6-14/h2-12,21H,1H3. The van der Waals surface area contributed by atoms with Crippen LogP contribution < -0.4 is 5.43 Å². The van der Waals surface area contributed by atoms with Crippen LogP contribution in [0.4, 0.5) is 0 Å². The number of hydrogen-bond acceptors (Lipinski definition) is 2. The third kappa shape index (κ3) is 2.58. The zero-order valence-electron chi connectivity index (χ0n) is 11.7. The van der Waals surface area contributed by atoms with Gasteiger partial charge in [-0.25, -0.2) is 0 Å². The third-order valence-electron chi connectivity index (χ3n) is 3.43. The van der Waals surface area contributed by atoms with Crippen LogP contribution in [0.1, 0.15) is 5.56 Å². The fourth-order valence-electron chi connectivity index (χ4n) is 2.31. The molecule has 1 N–H and O–H groups in total. The van der Waals surface area contributed by atoms with Crippen LogP contribution in [0.3, 0.4) is 0 Å². The van der Waals surface area contributed by atoms with Crippen LogP contribution in [0.5, 0.6) is 0 Å². The molecule has 3 rings (SSSR count). The van der Waals surface area contributed by atoms with Crippen LogP contribution in [-0.4, -0.2) is 9.94 Å². The second-order valence-corrected chi connectivity index (χ2v) is 5.01. The molecule has 0 radical (unpaired) electrons. The van der Waals surface area contributed by atoms with Gasteiger partial charge in [0.05, 0.1) is 11.4 Å². The first-order valence-corrected chi connectivity index (χ1v) is 6.74. The van der Waals surface area contributed by atoms with Crippen LogP contribution in [0.2, 0.25) is 0 Å². The van der Waals surface area contributed by atoms with Gasteiger partial charge in [-0.05, 0) is 6.92 Å². The predicted molar refractivity (Wildman–Crippen MR) is 83.5 cm³/mol. The Morgan fingerprint density at radius 1 is 0.810 bits per heavy atom. The Morgan fingerprint density at radius 3 is 1.90 bits per heavy atom. The van der Waals surface area contributed by atoms with E-state index < -0.39 is 0 Å². The first-order valence-electron chi connectivity index (χ1n) is 6.74. The van der Waals surface area contributed by atoms with Gasteiger partial charge in [-0.1, -0.05) is 60.2 Å². The molecule has 0 bridgehead atoms. The van der Waals surface area contributed by atoms with Gasteiger partial charge in [-0.15, -0.1) is 0 Å². The molecule has 104 valence electrons. The van der Waals surface area contributed by atoms with Gasteiger partial charge in [0.2, 0.25) is 0 Å².